The summed E-state index contributed by atoms with van der Waals surface area (Å²) in [7, 11) is 5.87. The number of nitrogens with zero attached hydrogens (tertiary/aromatic N) is 7. The Kier molecular flexibility index (Phi) is 7.30. The molecule has 3 aromatic heterocycles. The quantitative estimate of drug-likeness (QED) is 0.363. The monoisotopic (exact) mass is 507 g/mol. The molecular formula is C25H30FN9O2. The molecule has 4 rings (SSSR count). The largest absolute Gasteiger partial charge is 0.359 e. The van der Waals surface area contributed by atoms with Crippen LogP contribution < -0.4 is 15.5 Å². The highest BCUT2D eigenvalue weighted by Crippen LogP contribution is 2.27. The third-order valence-corrected chi connectivity index (χ3v) is 5.56. The Labute approximate surface area is 214 Å². The normalized spacial score (nSPS) is 11.7. The Morgan fingerprint density at radius 2 is 1.86 bits per heavy atom. The van der Waals surface area contributed by atoms with Crippen LogP contribution in [0.2, 0.25) is 0 Å². The molecule has 11 nitrogen and oxygen atoms in total. The van der Waals surface area contributed by atoms with Gasteiger partial charge in [0.05, 0.1) is 11.9 Å². The summed E-state index contributed by atoms with van der Waals surface area (Å²) in [5.74, 6) is 0.667. The first kappa shape index (κ1) is 25.9. The van der Waals surface area contributed by atoms with Gasteiger partial charge in [-0.25, -0.2) is 24.3 Å². The van der Waals surface area contributed by atoms with Gasteiger partial charge in [-0.15, -0.1) is 0 Å². The highest BCUT2D eigenvalue weighted by Gasteiger charge is 2.21. The summed E-state index contributed by atoms with van der Waals surface area (Å²) in [5, 5.41) is 9.54. The molecule has 3 heterocycles. The fourth-order valence-electron chi connectivity index (χ4n) is 3.34. The predicted octanol–water partition coefficient (Wildman–Crippen LogP) is 3.84. The lowest BCUT2D eigenvalue weighted by molar-refractivity contribution is 0.102. The van der Waals surface area contributed by atoms with E-state index in [1.54, 1.807) is 12.3 Å². The minimum absolute atomic E-state index is 0.0595. The van der Waals surface area contributed by atoms with Crippen molar-refractivity contribution in [2.24, 2.45) is 0 Å². The number of rotatable bonds is 8. The van der Waals surface area contributed by atoms with Crippen LogP contribution in [0.1, 0.15) is 36.9 Å². The van der Waals surface area contributed by atoms with Gasteiger partial charge in [0.2, 0.25) is 5.95 Å². The molecule has 4 aromatic rings. The van der Waals surface area contributed by atoms with Gasteiger partial charge in [0.1, 0.15) is 28.9 Å². The Hall–Kier alpha value is -4.19. The number of amides is 1. The predicted molar refractivity (Wildman–Crippen MR) is 140 cm³/mol. The number of aromatic nitrogens is 5. The van der Waals surface area contributed by atoms with Gasteiger partial charge in [0.25, 0.3) is 5.91 Å². The number of likely N-dealkylation sites (N-methyl/N-ethyl adjacent to an activating group) is 2. The second kappa shape index (κ2) is 10.4. The van der Waals surface area contributed by atoms with Crippen LogP contribution >= 0.6 is 0 Å². The zero-order valence-corrected chi connectivity index (χ0v) is 21.7. The van der Waals surface area contributed by atoms with Gasteiger partial charge in [-0.3, -0.25) is 4.79 Å². The van der Waals surface area contributed by atoms with Crippen molar-refractivity contribution < 1.29 is 13.7 Å². The summed E-state index contributed by atoms with van der Waals surface area (Å²) in [6.07, 6.45) is 2.94. The van der Waals surface area contributed by atoms with Crippen LogP contribution in [0.5, 0.6) is 0 Å². The molecule has 0 unspecified atom stereocenters. The van der Waals surface area contributed by atoms with Crippen LogP contribution in [0.3, 0.4) is 0 Å². The number of nitrogens with one attached hydrogen (secondary N) is 2. The highest BCUT2D eigenvalue weighted by atomic mass is 19.1. The van der Waals surface area contributed by atoms with E-state index in [1.807, 2.05) is 46.8 Å². The SMILES string of the molecule is CN(C)CCN(C)c1ncc2ncnc(Nc3cc(C(=O)Nc4cc(C(C)(C)C)on4)ccc3F)c2n1. The van der Waals surface area contributed by atoms with Crippen molar-refractivity contribution in [2.45, 2.75) is 26.2 Å². The van der Waals surface area contributed by atoms with Gasteiger partial charge in [0.15, 0.2) is 11.6 Å². The minimum Gasteiger partial charge on any atom is -0.359 e. The molecule has 0 bridgehead atoms. The smallest absolute Gasteiger partial charge is 0.256 e. The molecule has 0 aliphatic carbocycles. The molecule has 0 atom stereocenters. The van der Waals surface area contributed by atoms with E-state index in [-0.39, 0.29) is 28.3 Å². The fourth-order valence-corrected chi connectivity index (χ4v) is 3.34. The fraction of sp³-hybridized carbons (Fsp3) is 0.360. The summed E-state index contributed by atoms with van der Waals surface area (Å²) in [6, 6.07) is 5.66. The van der Waals surface area contributed by atoms with E-state index < -0.39 is 11.7 Å². The van der Waals surface area contributed by atoms with E-state index in [2.05, 4.69) is 40.6 Å². The molecule has 0 saturated heterocycles. The topological polar surface area (TPSA) is 125 Å². The Morgan fingerprint density at radius 3 is 2.57 bits per heavy atom. The lowest BCUT2D eigenvalue weighted by atomic mass is 9.93. The molecule has 12 heteroatoms. The summed E-state index contributed by atoms with van der Waals surface area (Å²) in [6.45, 7) is 7.46. The van der Waals surface area contributed by atoms with Crippen molar-refractivity contribution in [1.82, 2.24) is 30.0 Å². The molecule has 194 valence electrons. The number of halogens is 1. The molecule has 0 aliphatic heterocycles. The van der Waals surface area contributed by atoms with Gasteiger partial charge < -0.3 is 25.0 Å². The van der Waals surface area contributed by atoms with Crippen molar-refractivity contribution in [3.05, 3.63) is 53.9 Å². The number of benzene rings is 1. The maximum atomic E-state index is 14.8. The van der Waals surface area contributed by atoms with Gasteiger partial charge in [-0.1, -0.05) is 25.9 Å². The van der Waals surface area contributed by atoms with Crippen molar-refractivity contribution in [2.75, 3.05) is 49.8 Å². The summed E-state index contributed by atoms with van der Waals surface area (Å²) in [4.78, 5) is 34.3. The number of fused-ring (bicyclic) bond motifs is 1. The van der Waals surface area contributed by atoms with Crippen LogP contribution in [-0.2, 0) is 5.41 Å². The Bertz CT molecular complexity index is 1420. The Balaban J connectivity index is 1.58. The van der Waals surface area contributed by atoms with Gasteiger partial charge in [-0.05, 0) is 32.3 Å². The third-order valence-electron chi connectivity index (χ3n) is 5.56. The van der Waals surface area contributed by atoms with Gasteiger partial charge >= 0.3 is 0 Å². The first-order chi connectivity index (χ1) is 17.5. The van der Waals surface area contributed by atoms with E-state index in [0.717, 1.165) is 6.54 Å². The summed E-state index contributed by atoms with van der Waals surface area (Å²) < 4.78 is 20.1. The molecule has 1 aromatic carbocycles. The van der Waals surface area contributed by atoms with Crippen molar-refractivity contribution in [1.29, 1.82) is 0 Å². The third kappa shape index (κ3) is 6.15. The number of hydrogen-bond donors (Lipinski definition) is 2. The van der Waals surface area contributed by atoms with Crippen molar-refractivity contribution >= 4 is 40.2 Å². The summed E-state index contributed by atoms with van der Waals surface area (Å²) in [5.41, 5.74) is 0.951. The van der Waals surface area contributed by atoms with E-state index in [4.69, 9.17) is 4.52 Å². The molecule has 0 spiro atoms. The van der Waals surface area contributed by atoms with E-state index in [1.165, 1.54) is 24.5 Å². The number of carbonyl (C=O) groups is 1. The van der Waals surface area contributed by atoms with Crippen LogP contribution in [0.25, 0.3) is 11.0 Å². The molecule has 2 N–H and O–H groups in total. The van der Waals surface area contributed by atoms with E-state index in [0.29, 0.717) is 29.3 Å². The maximum Gasteiger partial charge on any atom is 0.256 e. The second-order valence-electron chi connectivity index (χ2n) is 9.95. The average Bonchev–Trinajstić information content (AvgIpc) is 3.33. The first-order valence-corrected chi connectivity index (χ1v) is 11.7. The highest BCUT2D eigenvalue weighted by molar-refractivity contribution is 6.04. The van der Waals surface area contributed by atoms with Crippen LogP contribution in [0.15, 0.2) is 41.3 Å². The summed E-state index contributed by atoms with van der Waals surface area (Å²) >= 11 is 0. The second-order valence-corrected chi connectivity index (χ2v) is 9.95. The van der Waals surface area contributed by atoms with Crippen molar-refractivity contribution in [3.63, 3.8) is 0 Å². The van der Waals surface area contributed by atoms with Gasteiger partial charge in [0, 0.05) is 37.2 Å². The van der Waals surface area contributed by atoms with Crippen LogP contribution in [0.4, 0.5) is 27.7 Å². The van der Waals surface area contributed by atoms with Crippen LogP contribution in [-0.4, -0.2) is 70.1 Å². The lowest BCUT2D eigenvalue weighted by Crippen LogP contribution is -2.29. The first-order valence-electron chi connectivity index (χ1n) is 11.7. The standard InChI is InChI=1S/C25H30FN9O2/c1-25(2,3)19-12-20(33-37-19)31-23(36)15-7-8-16(26)17(11-15)30-22-21-18(28-14-29-22)13-27-24(32-21)35(6)10-9-34(4)5/h7-8,11-14H,9-10H2,1-6H3,(H,28,29,30)(H,31,33,36). The zero-order chi connectivity index (χ0) is 26.7. The molecule has 0 fully saturated rings. The number of anilines is 4. The number of carbonyl (C=O) groups excluding carboxylic acids is 1. The lowest BCUT2D eigenvalue weighted by Gasteiger charge is -2.19. The minimum atomic E-state index is -0.558. The zero-order valence-electron chi connectivity index (χ0n) is 21.7. The average molecular weight is 508 g/mol. The molecule has 0 radical (unpaired) electrons. The van der Waals surface area contributed by atoms with E-state index >= 15 is 0 Å². The van der Waals surface area contributed by atoms with Gasteiger partial charge in [-0.2, -0.15) is 0 Å². The Morgan fingerprint density at radius 1 is 1.08 bits per heavy atom. The molecule has 1 amide bonds. The van der Waals surface area contributed by atoms with E-state index in [9.17, 15) is 9.18 Å². The molecule has 0 aliphatic rings. The van der Waals surface area contributed by atoms with Crippen molar-refractivity contribution in [3.8, 4) is 0 Å². The molecular weight excluding hydrogens is 477 g/mol. The van der Waals surface area contributed by atoms with Crippen LogP contribution in [0, 0.1) is 5.82 Å². The molecule has 37 heavy (non-hydrogen) atoms. The molecule has 0 saturated carbocycles. The number of hydrogen-bond acceptors (Lipinski definition) is 10. The maximum absolute atomic E-state index is 14.8.